The smallest absolute Gasteiger partial charge is 0.0589 e. The zero-order chi connectivity index (χ0) is 11.1. The topological polar surface area (TPSA) is 41.5 Å². The van der Waals surface area contributed by atoms with E-state index in [1.807, 2.05) is 0 Å². The highest BCUT2D eigenvalue weighted by Crippen LogP contribution is 2.18. The average molecular weight is 215 g/mol. The van der Waals surface area contributed by atoms with Crippen molar-refractivity contribution in [1.82, 2.24) is 5.32 Å². The predicted molar refractivity (Wildman–Crippen MR) is 62.0 cm³/mol. The van der Waals surface area contributed by atoms with Gasteiger partial charge in [0, 0.05) is 18.7 Å². The Morgan fingerprint density at radius 1 is 1.47 bits per heavy atom. The van der Waals surface area contributed by atoms with Crippen LogP contribution in [0, 0.1) is 0 Å². The molecule has 3 unspecified atom stereocenters. The Morgan fingerprint density at radius 3 is 2.87 bits per heavy atom. The molecule has 2 N–H and O–H groups in total. The monoisotopic (exact) mass is 215 g/mol. The lowest BCUT2D eigenvalue weighted by Crippen LogP contribution is -2.45. The van der Waals surface area contributed by atoms with Crippen LogP contribution < -0.4 is 5.32 Å². The molecular formula is C12H25NO2. The van der Waals surface area contributed by atoms with Gasteiger partial charge in [0.25, 0.3) is 0 Å². The van der Waals surface area contributed by atoms with Crippen molar-refractivity contribution in [1.29, 1.82) is 0 Å². The molecule has 0 saturated carbocycles. The normalized spacial score (nSPS) is 29.0. The lowest BCUT2D eigenvalue weighted by Gasteiger charge is -2.32. The summed E-state index contributed by atoms with van der Waals surface area (Å²) in [5.41, 5.74) is 0. The van der Waals surface area contributed by atoms with Crippen LogP contribution in [0.2, 0.25) is 0 Å². The van der Waals surface area contributed by atoms with Crippen LogP contribution in [0.5, 0.6) is 0 Å². The first kappa shape index (κ1) is 12.9. The van der Waals surface area contributed by atoms with Crippen molar-refractivity contribution >= 4 is 0 Å². The highest BCUT2D eigenvalue weighted by molar-refractivity contribution is 4.79. The van der Waals surface area contributed by atoms with Crippen molar-refractivity contribution in [3.8, 4) is 0 Å². The highest BCUT2D eigenvalue weighted by atomic mass is 16.5. The second kappa shape index (κ2) is 7.20. The molecule has 90 valence electrons. The van der Waals surface area contributed by atoms with Crippen LogP contribution in [0.4, 0.5) is 0 Å². The molecule has 1 fully saturated rings. The molecule has 1 heterocycles. The molecule has 0 radical (unpaired) electrons. The molecule has 1 aliphatic rings. The van der Waals surface area contributed by atoms with E-state index >= 15 is 0 Å². The summed E-state index contributed by atoms with van der Waals surface area (Å²) < 4.78 is 5.69. The van der Waals surface area contributed by atoms with E-state index in [4.69, 9.17) is 9.84 Å². The number of hydrogen-bond donors (Lipinski definition) is 2. The molecule has 0 bridgehead atoms. The molecule has 3 heteroatoms. The van der Waals surface area contributed by atoms with Crippen molar-refractivity contribution in [3.05, 3.63) is 0 Å². The Bertz CT molecular complexity index is 158. The second-order valence-corrected chi connectivity index (χ2v) is 4.46. The molecule has 0 aliphatic carbocycles. The number of aliphatic hydroxyl groups is 1. The van der Waals surface area contributed by atoms with Gasteiger partial charge in [0.15, 0.2) is 0 Å². The van der Waals surface area contributed by atoms with E-state index in [0.29, 0.717) is 12.1 Å². The number of aliphatic hydroxyl groups excluding tert-OH is 1. The first-order valence-corrected chi connectivity index (χ1v) is 6.28. The minimum absolute atomic E-state index is 0.242. The number of ether oxygens (including phenoxy) is 1. The van der Waals surface area contributed by atoms with Gasteiger partial charge in [-0.3, -0.25) is 0 Å². The fourth-order valence-corrected chi connectivity index (χ4v) is 2.19. The zero-order valence-electron chi connectivity index (χ0n) is 10.0. The third-order valence-electron chi connectivity index (χ3n) is 3.16. The van der Waals surface area contributed by atoms with Crippen molar-refractivity contribution < 1.29 is 9.84 Å². The molecule has 0 aromatic heterocycles. The van der Waals surface area contributed by atoms with Gasteiger partial charge in [0.2, 0.25) is 0 Å². The molecule has 1 rings (SSSR count). The van der Waals surface area contributed by atoms with Gasteiger partial charge in [0.05, 0.1) is 12.7 Å². The van der Waals surface area contributed by atoms with E-state index in [2.05, 4.69) is 19.2 Å². The van der Waals surface area contributed by atoms with Crippen molar-refractivity contribution in [2.45, 2.75) is 64.1 Å². The molecule has 0 aromatic rings. The Kier molecular flexibility index (Phi) is 6.22. The van der Waals surface area contributed by atoms with Gasteiger partial charge < -0.3 is 15.2 Å². The molecule has 0 aromatic carbocycles. The molecule has 3 nitrogen and oxygen atoms in total. The average Bonchev–Trinajstić information content (AvgIpc) is 2.27. The van der Waals surface area contributed by atoms with Gasteiger partial charge in [-0.2, -0.15) is 0 Å². The van der Waals surface area contributed by atoms with Gasteiger partial charge >= 0.3 is 0 Å². The number of rotatable bonds is 6. The number of nitrogens with one attached hydrogen (secondary N) is 1. The Hall–Kier alpha value is -0.120. The van der Waals surface area contributed by atoms with Crippen LogP contribution >= 0.6 is 0 Å². The van der Waals surface area contributed by atoms with Crippen LogP contribution in [-0.2, 0) is 4.74 Å². The first-order valence-electron chi connectivity index (χ1n) is 6.28. The van der Waals surface area contributed by atoms with Crippen LogP contribution in [-0.4, -0.2) is 36.5 Å². The van der Waals surface area contributed by atoms with Crippen molar-refractivity contribution in [2.75, 3.05) is 13.2 Å². The van der Waals surface area contributed by atoms with Crippen LogP contribution in [0.3, 0.4) is 0 Å². The van der Waals surface area contributed by atoms with E-state index in [0.717, 1.165) is 32.3 Å². The summed E-state index contributed by atoms with van der Waals surface area (Å²) in [6, 6.07) is 0.794. The summed E-state index contributed by atoms with van der Waals surface area (Å²) in [7, 11) is 0. The largest absolute Gasteiger partial charge is 0.395 e. The van der Waals surface area contributed by atoms with Crippen molar-refractivity contribution in [2.24, 2.45) is 0 Å². The second-order valence-electron chi connectivity index (χ2n) is 4.46. The maximum Gasteiger partial charge on any atom is 0.0589 e. The van der Waals surface area contributed by atoms with Gasteiger partial charge in [-0.25, -0.2) is 0 Å². The third-order valence-corrected chi connectivity index (χ3v) is 3.16. The summed E-state index contributed by atoms with van der Waals surface area (Å²) in [5, 5.41) is 12.6. The standard InChI is InChI=1S/C12H25NO2/c1-3-5-12-8-11(6-7-15-12)13-10(4-2)9-14/h10-14H,3-9H2,1-2H3. The molecule has 3 atom stereocenters. The first-order chi connectivity index (χ1) is 7.30. The van der Waals surface area contributed by atoms with E-state index in [1.165, 1.54) is 6.42 Å². The summed E-state index contributed by atoms with van der Waals surface area (Å²) in [4.78, 5) is 0. The number of hydrogen-bond acceptors (Lipinski definition) is 3. The highest BCUT2D eigenvalue weighted by Gasteiger charge is 2.23. The predicted octanol–water partition coefficient (Wildman–Crippen LogP) is 1.69. The Morgan fingerprint density at radius 2 is 2.27 bits per heavy atom. The summed E-state index contributed by atoms with van der Waals surface area (Å²) in [6.45, 7) is 5.41. The van der Waals surface area contributed by atoms with E-state index in [-0.39, 0.29) is 12.6 Å². The quantitative estimate of drug-likeness (QED) is 0.708. The van der Waals surface area contributed by atoms with Crippen LogP contribution in [0.15, 0.2) is 0 Å². The zero-order valence-corrected chi connectivity index (χ0v) is 10.0. The van der Waals surface area contributed by atoms with Gasteiger partial charge in [-0.15, -0.1) is 0 Å². The summed E-state index contributed by atoms with van der Waals surface area (Å²) in [5.74, 6) is 0. The van der Waals surface area contributed by atoms with Crippen LogP contribution in [0.25, 0.3) is 0 Å². The van der Waals surface area contributed by atoms with Crippen molar-refractivity contribution in [3.63, 3.8) is 0 Å². The van der Waals surface area contributed by atoms with Gasteiger partial charge in [-0.05, 0) is 25.7 Å². The van der Waals surface area contributed by atoms with E-state index in [9.17, 15) is 0 Å². The fourth-order valence-electron chi connectivity index (χ4n) is 2.19. The van der Waals surface area contributed by atoms with Gasteiger partial charge in [0.1, 0.15) is 0 Å². The Labute approximate surface area is 93.2 Å². The van der Waals surface area contributed by atoms with E-state index in [1.54, 1.807) is 0 Å². The molecular weight excluding hydrogens is 190 g/mol. The minimum atomic E-state index is 0.242. The lowest BCUT2D eigenvalue weighted by atomic mass is 9.99. The molecule has 0 spiro atoms. The maximum atomic E-state index is 9.13. The third kappa shape index (κ3) is 4.49. The van der Waals surface area contributed by atoms with Crippen LogP contribution in [0.1, 0.15) is 46.0 Å². The fraction of sp³-hybridized carbons (Fsp3) is 1.00. The maximum absolute atomic E-state index is 9.13. The lowest BCUT2D eigenvalue weighted by molar-refractivity contribution is -0.00636. The minimum Gasteiger partial charge on any atom is -0.395 e. The SMILES string of the molecule is CCCC1CC(NC(CC)CO)CCO1. The van der Waals surface area contributed by atoms with E-state index < -0.39 is 0 Å². The molecule has 1 saturated heterocycles. The molecule has 1 aliphatic heterocycles. The molecule has 0 amide bonds. The summed E-state index contributed by atoms with van der Waals surface area (Å²) in [6.07, 6.45) is 5.95. The summed E-state index contributed by atoms with van der Waals surface area (Å²) >= 11 is 0. The molecule has 15 heavy (non-hydrogen) atoms. The Balaban J connectivity index is 2.28. The van der Waals surface area contributed by atoms with Gasteiger partial charge in [-0.1, -0.05) is 20.3 Å².